The first-order chi connectivity index (χ1) is 31.9. The molecule has 66 heavy (non-hydrogen) atoms. The van der Waals surface area contributed by atoms with Crippen LogP contribution in [0.2, 0.25) is 0 Å². The van der Waals surface area contributed by atoms with E-state index < -0.39 is 11.9 Å². The van der Waals surface area contributed by atoms with Crippen molar-refractivity contribution in [2.75, 3.05) is 50.3 Å². The summed E-state index contributed by atoms with van der Waals surface area (Å²) in [6, 6.07) is 19.1. The van der Waals surface area contributed by atoms with Gasteiger partial charge in [0.05, 0.1) is 24.2 Å². The number of aryl methyl sites for hydroxylation is 1. The topological polar surface area (TPSA) is 159 Å². The number of carbonyl (C=O) groups is 5. The van der Waals surface area contributed by atoms with Crippen molar-refractivity contribution in [3.05, 3.63) is 108 Å². The fourth-order valence-corrected chi connectivity index (χ4v) is 9.86. The zero-order valence-corrected chi connectivity index (χ0v) is 39.3. The molecule has 1 fully saturated rings. The number of fused-ring (bicyclic) bond motifs is 2. The highest BCUT2D eigenvalue weighted by Crippen LogP contribution is 2.37. The molecule has 2 N–H and O–H groups in total. The zero-order chi connectivity index (χ0) is 46.7. The van der Waals surface area contributed by atoms with E-state index in [2.05, 4.69) is 45.1 Å². The smallest absolute Gasteiger partial charge is 0.255 e. The Hall–Kier alpha value is -6.48. The summed E-state index contributed by atoms with van der Waals surface area (Å²) in [5.74, 6) is 1.14. The van der Waals surface area contributed by atoms with E-state index in [1.165, 1.54) is 6.08 Å². The maximum atomic E-state index is 13.1. The van der Waals surface area contributed by atoms with Crippen LogP contribution in [0.3, 0.4) is 0 Å². The third-order valence-electron chi connectivity index (χ3n) is 12.5. The van der Waals surface area contributed by atoms with Crippen molar-refractivity contribution in [1.82, 2.24) is 29.7 Å². The molecule has 346 valence electrons. The molecule has 2 aliphatic heterocycles. The average molecular weight is 913 g/mol. The molecule has 3 aromatic carbocycles. The van der Waals surface area contributed by atoms with Crippen LogP contribution in [0.25, 0.3) is 22.2 Å². The molecular formula is C51H60N8O6S. The Morgan fingerprint density at radius 1 is 0.970 bits per heavy atom. The van der Waals surface area contributed by atoms with Gasteiger partial charge in [-0.1, -0.05) is 62.9 Å². The SMILES string of the molecule is C=CC(=O)Nc1cc(Cc2nccc(-c3cn(C)c4ccccc34)n2)c(OC)cc1N(C)CCN(C)C(=O)CCCCCCCCCSc1cccc2c1CN(C1CCC(=O)NC1=O)C2=O. The summed E-state index contributed by atoms with van der Waals surface area (Å²) in [6.07, 6.45) is 13.9. The molecule has 15 heteroatoms. The van der Waals surface area contributed by atoms with Crippen molar-refractivity contribution in [1.29, 1.82) is 0 Å². The van der Waals surface area contributed by atoms with Crippen LogP contribution in [-0.4, -0.2) is 100.0 Å². The van der Waals surface area contributed by atoms with Gasteiger partial charge in [0, 0.05) is 111 Å². The molecular weight excluding hydrogens is 853 g/mol. The van der Waals surface area contributed by atoms with Crippen LogP contribution in [0.5, 0.6) is 5.75 Å². The minimum Gasteiger partial charge on any atom is -0.496 e. The number of amides is 5. The van der Waals surface area contributed by atoms with Gasteiger partial charge in [-0.25, -0.2) is 9.97 Å². The molecule has 0 saturated carbocycles. The molecule has 1 saturated heterocycles. The number of imide groups is 1. The van der Waals surface area contributed by atoms with Crippen molar-refractivity contribution >= 4 is 63.6 Å². The van der Waals surface area contributed by atoms with Crippen LogP contribution in [0.4, 0.5) is 11.4 Å². The van der Waals surface area contributed by atoms with Crippen molar-refractivity contribution in [2.24, 2.45) is 7.05 Å². The van der Waals surface area contributed by atoms with Crippen LogP contribution in [0, 0.1) is 0 Å². The van der Waals surface area contributed by atoms with Crippen LogP contribution >= 0.6 is 11.8 Å². The second-order valence-electron chi connectivity index (χ2n) is 17.1. The van der Waals surface area contributed by atoms with Gasteiger partial charge >= 0.3 is 0 Å². The van der Waals surface area contributed by atoms with Gasteiger partial charge in [-0.3, -0.25) is 29.3 Å². The lowest BCUT2D eigenvalue weighted by Gasteiger charge is -2.29. The second kappa shape index (κ2) is 22.1. The lowest BCUT2D eigenvalue weighted by atomic mass is 10.0. The Morgan fingerprint density at radius 2 is 1.74 bits per heavy atom. The van der Waals surface area contributed by atoms with Gasteiger partial charge in [-0.05, 0) is 67.0 Å². The molecule has 4 heterocycles. The van der Waals surface area contributed by atoms with Gasteiger partial charge in [0.1, 0.15) is 17.6 Å². The summed E-state index contributed by atoms with van der Waals surface area (Å²) in [6.45, 7) is 5.07. The Balaban J connectivity index is 0.831. The highest BCUT2D eigenvalue weighted by molar-refractivity contribution is 7.99. The van der Waals surface area contributed by atoms with E-state index >= 15 is 0 Å². The van der Waals surface area contributed by atoms with Crippen molar-refractivity contribution in [3.63, 3.8) is 0 Å². The highest BCUT2D eigenvalue weighted by atomic mass is 32.2. The van der Waals surface area contributed by atoms with Crippen LogP contribution < -0.4 is 20.3 Å². The number of unbranched alkanes of at least 4 members (excludes halogenated alkanes) is 6. The molecule has 14 nitrogen and oxygen atoms in total. The predicted octanol–water partition coefficient (Wildman–Crippen LogP) is 7.93. The Labute approximate surface area is 391 Å². The van der Waals surface area contributed by atoms with E-state index in [0.29, 0.717) is 61.7 Å². The zero-order valence-electron chi connectivity index (χ0n) is 38.4. The summed E-state index contributed by atoms with van der Waals surface area (Å²) in [5, 5.41) is 6.45. The minimum absolute atomic E-state index is 0.105. The van der Waals surface area contributed by atoms with E-state index in [9.17, 15) is 24.0 Å². The fraction of sp³-hybridized carbons (Fsp3) is 0.392. The number of carbonyl (C=O) groups excluding carboxylic acids is 5. The molecule has 5 aromatic rings. The first-order valence-corrected chi connectivity index (χ1v) is 23.8. The molecule has 1 unspecified atom stereocenters. The number of anilines is 2. The summed E-state index contributed by atoms with van der Waals surface area (Å²) < 4.78 is 7.97. The molecule has 0 aliphatic carbocycles. The Kier molecular flexibility index (Phi) is 15.9. The molecule has 2 aliphatic rings. The number of benzene rings is 3. The third kappa shape index (κ3) is 11.3. The van der Waals surface area contributed by atoms with Gasteiger partial charge in [0.2, 0.25) is 23.6 Å². The molecule has 0 bridgehead atoms. The van der Waals surface area contributed by atoms with Crippen LogP contribution in [-0.2, 0) is 39.2 Å². The molecule has 2 aromatic heterocycles. The fourth-order valence-electron chi connectivity index (χ4n) is 8.76. The summed E-state index contributed by atoms with van der Waals surface area (Å²) in [5.41, 5.74) is 6.73. The normalized spacial score (nSPS) is 14.6. The van der Waals surface area contributed by atoms with Gasteiger partial charge in [-0.15, -0.1) is 11.8 Å². The summed E-state index contributed by atoms with van der Waals surface area (Å²) in [4.78, 5) is 79.0. The van der Waals surface area contributed by atoms with Crippen molar-refractivity contribution < 1.29 is 28.7 Å². The first-order valence-electron chi connectivity index (χ1n) is 22.8. The van der Waals surface area contributed by atoms with Crippen molar-refractivity contribution in [2.45, 2.75) is 88.1 Å². The lowest BCUT2D eigenvalue weighted by Crippen LogP contribution is -2.52. The highest BCUT2D eigenvalue weighted by Gasteiger charge is 2.39. The van der Waals surface area contributed by atoms with Gasteiger partial charge < -0.3 is 29.3 Å². The average Bonchev–Trinajstić information content (AvgIpc) is 3.84. The molecule has 5 amide bonds. The van der Waals surface area contributed by atoms with E-state index in [1.54, 1.807) is 34.9 Å². The molecule has 1 atom stereocenters. The van der Waals surface area contributed by atoms with Crippen LogP contribution in [0.15, 0.2) is 90.6 Å². The number of piperidine rings is 1. The Morgan fingerprint density at radius 3 is 2.52 bits per heavy atom. The lowest BCUT2D eigenvalue weighted by molar-refractivity contribution is -0.137. The van der Waals surface area contributed by atoms with Gasteiger partial charge in [0.25, 0.3) is 5.91 Å². The van der Waals surface area contributed by atoms with E-state index in [1.807, 2.05) is 74.6 Å². The number of rotatable bonds is 22. The molecule has 7 rings (SSSR count). The number of para-hydroxylation sites is 1. The maximum absolute atomic E-state index is 13.1. The first kappa shape index (κ1) is 47.5. The van der Waals surface area contributed by atoms with Gasteiger partial charge in [0.15, 0.2) is 0 Å². The standard InChI is InChI=1S/C51H60N8O6S/c1-6-47(60)54-40-29-34(30-46-52-25-24-39(53-46)37-32-58(4)41-19-14-13-17-35(37)41)44(65-5)31-43(40)56(2)26-27-57(3)49(62)21-12-10-8-7-9-11-15-28-66-45-20-16-18-36-38(45)33-59(51(36)64)42-22-23-48(61)55-50(42)63/h6,13-14,16-20,24-25,29,31-32,42H,1,7-12,15,21-23,26-28,30,33H2,2-5H3,(H,54,60)(H,55,61,63). The number of aromatic nitrogens is 3. The number of thioether (sulfide) groups is 1. The number of hydrogen-bond acceptors (Lipinski definition) is 10. The van der Waals surface area contributed by atoms with E-state index in [0.717, 1.165) is 94.6 Å². The largest absolute Gasteiger partial charge is 0.496 e. The summed E-state index contributed by atoms with van der Waals surface area (Å²) >= 11 is 1.76. The number of nitrogens with one attached hydrogen (secondary N) is 2. The number of methoxy groups -OCH3 is 1. The quantitative estimate of drug-likeness (QED) is 0.0302. The molecule has 0 spiro atoms. The van der Waals surface area contributed by atoms with Crippen molar-refractivity contribution in [3.8, 4) is 17.0 Å². The monoisotopic (exact) mass is 912 g/mol. The predicted molar refractivity (Wildman–Crippen MR) is 260 cm³/mol. The van der Waals surface area contributed by atoms with E-state index in [4.69, 9.17) is 9.72 Å². The number of ether oxygens (including phenoxy) is 1. The summed E-state index contributed by atoms with van der Waals surface area (Å²) in [7, 11) is 7.41. The maximum Gasteiger partial charge on any atom is 0.255 e. The number of nitrogens with zero attached hydrogens (tertiary/aromatic N) is 6. The minimum atomic E-state index is -0.609. The van der Waals surface area contributed by atoms with Gasteiger partial charge in [-0.2, -0.15) is 0 Å². The number of likely N-dealkylation sites (N-methyl/N-ethyl adjacent to an activating group) is 2. The Bertz CT molecular complexity index is 2610. The van der Waals surface area contributed by atoms with Crippen LogP contribution in [0.1, 0.15) is 91.5 Å². The molecule has 0 radical (unpaired) electrons. The number of hydrogen-bond donors (Lipinski definition) is 2. The van der Waals surface area contributed by atoms with E-state index in [-0.39, 0.29) is 30.0 Å². The third-order valence-corrected chi connectivity index (χ3v) is 13.7. The second-order valence-corrected chi connectivity index (χ2v) is 18.2.